The maximum absolute atomic E-state index is 12.2. The van der Waals surface area contributed by atoms with Crippen molar-refractivity contribution in [2.45, 2.75) is 12.5 Å². The lowest BCUT2D eigenvalue weighted by Crippen LogP contribution is -2.32. The molecule has 0 aromatic heterocycles. The lowest BCUT2D eigenvalue weighted by atomic mass is 10.1. The van der Waals surface area contributed by atoms with Crippen LogP contribution in [-0.4, -0.2) is 34.9 Å². The van der Waals surface area contributed by atoms with E-state index in [1.165, 1.54) is 23.1 Å². The van der Waals surface area contributed by atoms with Crippen LogP contribution in [0.4, 0.5) is 5.69 Å². The Morgan fingerprint density at radius 2 is 2.28 bits per heavy atom. The first-order valence-corrected chi connectivity index (χ1v) is 5.85. The van der Waals surface area contributed by atoms with Gasteiger partial charge in [-0.15, -0.1) is 0 Å². The number of nitro benzene ring substituents is 1. The molecule has 0 saturated carbocycles. The fourth-order valence-corrected chi connectivity index (χ4v) is 2.15. The van der Waals surface area contributed by atoms with Crippen LogP contribution in [-0.2, 0) is 0 Å². The first-order chi connectivity index (χ1) is 8.49. The fourth-order valence-electron chi connectivity index (χ4n) is 1.98. The Morgan fingerprint density at radius 3 is 2.83 bits per heavy atom. The van der Waals surface area contributed by atoms with Crippen molar-refractivity contribution in [3.05, 3.63) is 38.9 Å². The predicted molar refractivity (Wildman–Crippen MR) is 66.6 cm³/mol. The van der Waals surface area contributed by atoms with E-state index in [4.69, 9.17) is 17.3 Å². The third-order valence-corrected chi connectivity index (χ3v) is 3.13. The molecule has 1 atom stereocenters. The molecule has 2 rings (SSSR count). The van der Waals surface area contributed by atoms with Crippen LogP contribution in [0.1, 0.15) is 16.8 Å². The minimum atomic E-state index is -0.602. The maximum Gasteiger partial charge on any atom is 0.283 e. The summed E-state index contributed by atoms with van der Waals surface area (Å²) in [6.07, 6.45) is 0.715. The van der Waals surface area contributed by atoms with Crippen LogP contribution in [0.2, 0.25) is 5.02 Å². The number of benzene rings is 1. The predicted octanol–water partition coefficient (Wildman–Crippen LogP) is 1.42. The summed E-state index contributed by atoms with van der Waals surface area (Å²) in [5.41, 5.74) is 5.50. The van der Waals surface area contributed by atoms with Crippen molar-refractivity contribution >= 4 is 23.2 Å². The van der Waals surface area contributed by atoms with Gasteiger partial charge < -0.3 is 10.6 Å². The Bertz CT molecular complexity index is 506. The van der Waals surface area contributed by atoms with E-state index in [0.717, 1.165) is 0 Å². The van der Waals surface area contributed by atoms with E-state index < -0.39 is 4.92 Å². The average Bonchev–Trinajstić information content (AvgIpc) is 2.75. The van der Waals surface area contributed by atoms with Gasteiger partial charge in [-0.3, -0.25) is 14.9 Å². The number of halogens is 1. The van der Waals surface area contributed by atoms with Gasteiger partial charge in [-0.25, -0.2) is 0 Å². The van der Waals surface area contributed by atoms with Crippen molar-refractivity contribution in [3.63, 3.8) is 0 Å². The van der Waals surface area contributed by atoms with E-state index in [1.54, 1.807) is 0 Å². The summed E-state index contributed by atoms with van der Waals surface area (Å²) in [5.74, 6) is -0.369. The number of nitrogens with two attached hydrogens (primary N) is 1. The van der Waals surface area contributed by atoms with Crippen molar-refractivity contribution in [2.24, 2.45) is 5.73 Å². The number of hydrogen-bond acceptors (Lipinski definition) is 4. The Kier molecular flexibility index (Phi) is 3.49. The molecule has 1 saturated heterocycles. The molecule has 0 unspecified atom stereocenters. The number of carbonyl (C=O) groups excluding carboxylic acids is 1. The molecule has 1 amide bonds. The molecule has 0 spiro atoms. The summed E-state index contributed by atoms with van der Waals surface area (Å²) < 4.78 is 0. The zero-order valence-electron chi connectivity index (χ0n) is 9.51. The number of amides is 1. The maximum atomic E-state index is 12.2. The van der Waals surface area contributed by atoms with Gasteiger partial charge in [0.2, 0.25) is 0 Å². The Labute approximate surface area is 108 Å². The molecule has 1 heterocycles. The highest BCUT2D eigenvalue weighted by molar-refractivity contribution is 6.31. The first kappa shape index (κ1) is 12.8. The highest BCUT2D eigenvalue weighted by Crippen LogP contribution is 2.25. The molecule has 0 aliphatic carbocycles. The number of nitro groups is 1. The molecular formula is C11H12ClN3O3. The quantitative estimate of drug-likeness (QED) is 0.649. The molecule has 0 bridgehead atoms. The summed E-state index contributed by atoms with van der Waals surface area (Å²) in [6.45, 7) is 0.957. The van der Waals surface area contributed by atoms with Crippen LogP contribution in [0.25, 0.3) is 0 Å². The van der Waals surface area contributed by atoms with Crippen LogP contribution in [0.3, 0.4) is 0 Å². The van der Waals surface area contributed by atoms with Gasteiger partial charge in [0.15, 0.2) is 0 Å². The summed E-state index contributed by atoms with van der Waals surface area (Å²) in [6, 6.07) is 3.98. The molecule has 18 heavy (non-hydrogen) atoms. The highest BCUT2D eigenvalue weighted by atomic mass is 35.5. The van der Waals surface area contributed by atoms with Gasteiger partial charge in [0.05, 0.1) is 4.92 Å². The molecule has 6 nitrogen and oxygen atoms in total. The third kappa shape index (κ3) is 2.44. The van der Waals surface area contributed by atoms with Crippen molar-refractivity contribution < 1.29 is 9.72 Å². The molecular weight excluding hydrogens is 258 g/mol. The number of nitrogens with zero attached hydrogens (tertiary/aromatic N) is 2. The number of carbonyl (C=O) groups is 1. The number of rotatable bonds is 2. The van der Waals surface area contributed by atoms with Gasteiger partial charge >= 0.3 is 0 Å². The van der Waals surface area contributed by atoms with Gasteiger partial charge in [0.25, 0.3) is 11.6 Å². The van der Waals surface area contributed by atoms with Crippen LogP contribution < -0.4 is 5.73 Å². The SMILES string of the molecule is N[C@@H]1CCN(C(=O)c2ccc(Cl)cc2[N+](=O)[O-])C1. The average molecular weight is 270 g/mol. The lowest BCUT2D eigenvalue weighted by molar-refractivity contribution is -0.385. The van der Waals surface area contributed by atoms with E-state index in [2.05, 4.69) is 0 Å². The summed E-state index contributed by atoms with van der Waals surface area (Å²) >= 11 is 5.70. The topological polar surface area (TPSA) is 89.5 Å². The van der Waals surface area contributed by atoms with Gasteiger partial charge in [-0.2, -0.15) is 0 Å². The molecule has 0 radical (unpaired) electrons. The minimum absolute atomic E-state index is 0.0542. The number of hydrogen-bond donors (Lipinski definition) is 1. The second-order valence-corrected chi connectivity index (χ2v) is 4.65. The third-order valence-electron chi connectivity index (χ3n) is 2.90. The molecule has 1 fully saturated rings. The summed E-state index contributed by atoms with van der Waals surface area (Å²) in [4.78, 5) is 24.0. The van der Waals surface area contributed by atoms with Crippen LogP contribution in [0.5, 0.6) is 0 Å². The van der Waals surface area contributed by atoms with Crippen molar-refractivity contribution in [2.75, 3.05) is 13.1 Å². The van der Waals surface area contributed by atoms with E-state index in [1.807, 2.05) is 0 Å². The summed E-state index contributed by atoms with van der Waals surface area (Å²) in [7, 11) is 0. The van der Waals surface area contributed by atoms with E-state index >= 15 is 0 Å². The molecule has 1 aromatic carbocycles. The van der Waals surface area contributed by atoms with Gasteiger partial charge in [0.1, 0.15) is 5.56 Å². The van der Waals surface area contributed by atoms with Crippen molar-refractivity contribution in [1.82, 2.24) is 4.90 Å². The first-order valence-electron chi connectivity index (χ1n) is 5.48. The van der Waals surface area contributed by atoms with Gasteiger partial charge in [0, 0.05) is 30.2 Å². The fraction of sp³-hybridized carbons (Fsp3) is 0.364. The second kappa shape index (κ2) is 4.91. The van der Waals surface area contributed by atoms with E-state index in [0.29, 0.717) is 19.5 Å². The molecule has 2 N–H and O–H groups in total. The van der Waals surface area contributed by atoms with Gasteiger partial charge in [-0.1, -0.05) is 11.6 Å². The Balaban J connectivity index is 2.33. The van der Waals surface area contributed by atoms with Crippen molar-refractivity contribution in [3.8, 4) is 0 Å². The molecule has 1 aromatic rings. The summed E-state index contributed by atoms with van der Waals surface area (Å²) in [5, 5.41) is 11.1. The van der Waals surface area contributed by atoms with Crippen LogP contribution >= 0.6 is 11.6 Å². The molecule has 96 valence electrons. The smallest absolute Gasteiger partial charge is 0.283 e. The monoisotopic (exact) mass is 269 g/mol. The van der Waals surface area contributed by atoms with Gasteiger partial charge in [-0.05, 0) is 18.6 Å². The van der Waals surface area contributed by atoms with E-state index in [-0.39, 0.29) is 28.2 Å². The number of likely N-dealkylation sites (tertiary alicyclic amines) is 1. The van der Waals surface area contributed by atoms with Crippen LogP contribution in [0, 0.1) is 10.1 Å². The zero-order valence-corrected chi connectivity index (χ0v) is 10.3. The lowest BCUT2D eigenvalue weighted by Gasteiger charge is -2.15. The zero-order chi connectivity index (χ0) is 13.3. The normalized spacial score (nSPS) is 19.0. The highest BCUT2D eigenvalue weighted by Gasteiger charge is 2.29. The van der Waals surface area contributed by atoms with Crippen molar-refractivity contribution in [1.29, 1.82) is 0 Å². The Hall–Kier alpha value is -1.66. The standard InChI is InChI=1S/C11H12ClN3O3/c12-7-1-2-9(10(5-7)15(17)18)11(16)14-4-3-8(13)6-14/h1-2,5,8H,3-4,6,13H2/t8-/m1/s1. The molecule has 7 heteroatoms. The largest absolute Gasteiger partial charge is 0.337 e. The minimum Gasteiger partial charge on any atom is -0.337 e. The second-order valence-electron chi connectivity index (χ2n) is 4.22. The van der Waals surface area contributed by atoms with Crippen LogP contribution in [0.15, 0.2) is 18.2 Å². The molecule has 1 aliphatic heterocycles. The Morgan fingerprint density at radius 1 is 1.56 bits per heavy atom. The van der Waals surface area contributed by atoms with E-state index in [9.17, 15) is 14.9 Å². The molecule has 1 aliphatic rings.